The minimum atomic E-state index is -2.53. The molecule has 2 aromatic rings. The van der Waals surface area contributed by atoms with Gasteiger partial charge in [-0.1, -0.05) is 24.3 Å². The number of hydrogen-bond donors (Lipinski definition) is 3. The number of fused-ring (bicyclic) bond motifs is 8. The molecule has 342 valence electrons. The monoisotopic (exact) mass is 873 g/mol. The fourth-order valence-corrected chi connectivity index (χ4v) is 12.7. The summed E-state index contributed by atoms with van der Waals surface area (Å²) in [7, 11) is 1.70. The molecule has 2 heterocycles. The Kier molecular flexibility index (Phi) is 11.5. The fraction of sp³-hybridized carbons (Fsp3) is 0.667. The van der Waals surface area contributed by atoms with Crippen molar-refractivity contribution in [3.8, 4) is 5.75 Å². The lowest BCUT2D eigenvalue weighted by Gasteiger charge is -2.52. The third-order valence-corrected chi connectivity index (χ3v) is 16.4. The molecule has 3 N–H and O–H groups in total. The fourth-order valence-electron chi connectivity index (χ4n) is 12.7. The Hall–Kier alpha value is -4.60. The van der Waals surface area contributed by atoms with E-state index in [4.69, 9.17) is 23.7 Å². The van der Waals surface area contributed by atoms with Crippen molar-refractivity contribution in [3.63, 3.8) is 0 Å². The van der Waals surface area contributed by atoms with Gasteiger partial charge in [-0.3, -0.25) is 14.3 Å². The molecule has 1 aromatic carbocycles. The highest BCUT2D eigenvalue weighted by Crippen LogP contribution is 2.67. The normalized spacial score (nSPS) is 38.0. The van der Waals surface area contributed by atoms with Crippen LogP contribution in [0.3, 0.4) is 0 Å². The molecule has 0 radical (unpaired) electrons. The zero-order valence-electron chi connectivity index (χ0n) is 37.8. The van der Waals surface area contributed by atoms with Gasteiger partial charge in [-0.05, 0) is 145 Å². The number of aromatic nitrogens is 3. The number of aryl methyl sites for hydroxylation is 2. The van der Waals surface area contributed by atoms with Crippen LogP contribution < -0.4 is 4.74 Å². The maximum Gasteiger partial charge on any atom is 0.341 e. The maximum atomic E-state index is 13.7. The first kappa shape index (κ1) is 45.0. The Morgan fingerprint density at radius 1 is 1.03 bits per heavy atom. The summed E-state index contributed by atoms with van der Waals surface area (Å²) in [6, 6.07) is 6.48. The van der Waals surface area contributed by atoms with Crippen LogP contribution in [-0.4, -0.2) is 96.4 Å². The lowest BCUT2D eigenvalue weighted by molar-refractivity contribution is -0.210. The van der Waals surface area contributed by atoms with Gasteiger partial charge in [-0.25, -0.2) is 9.59 Å². The summed E-state index contributed by atoms with van der Waals surface area (Å²) in [4.78, 5) is 52.4. The van der Waals surface area contributed by atoms with Crippen molar-refractivity contribution in [3.05, 3.63) is 64.0 Å². The van der Waals surface area contributed by atoms with E-state index < -0.39 is 70.5 Å². The van der Waals surface area contributed by atoms with Gasteiger partial charge in [0, 0.05) is 43.2 Å². The molecular weight excluding hydrogens is 811 g/mol. The van der Waals surface area contributed by atoms with E-state index in [1.165, 1.54) is 18.1 Å². The van der Waals surface area contributed by atoms with Crippen molar-refractivity contribution >= 4 is 23.9 Å². The van der Waals surface area contributed by atoms with Crippen LogP contribution in [-0.2, 0) is 56.7 Å². The summed E-state index contributed by atoms with van der Waals surface area (Å²) in [5, 5.41) is 45.6. The van der Waals surface area contributed by atoms with E-state index in [1.54, 1.807) is 45.6 Å². The van der Waals surface area contributed by atoms with Crippen molar-refractivity contribution < 1.29 is 58.2 Å². The van der Waals surface area contributed by atoms with Gasteiger partial charge in [0.1, 0.15) is 34.9 Å². The lowest BCUT2D eigenvalue weighted by atomic mass is 9.53. The first-order valence-electron chi connectivity index (χ1n) is 22.6. The number of carbonyl (C=O) groups is 4. The van der Waals surface area contributed by atoms with Crippen LogP contribution in [0.25, 0.3) is 0 Å². The average Bonchev–Trinajstić information content (AvgIpc) is 3.96. The van der Waals surface area contributed by atoms with Crippen molar-refractivity contribution in [2.45, 2.75) is 172 Å². The number of unbranched alkanes of at least 4 members (excludes halogenated alkanes) is 1. The van der Waals surface area contributed by atoms with Crippen LogP contribution in [0.4, 0.5) is 0 Å². The number of nitrogens with zero attached hydrogens (tertiary/aromatic N) is 3. The van der Waals surface area contributed by atoms with Crippen molar-refractivity contribution in [2.75, 3.05) is 7.11 Å². The molecule has 8 rings (SSSR count). The summed E-state index contributed by atoms with van der Waals surface area (Å²) < 4.78 is 30.7. The zero-order valence-corrected chi connectivity index (χ0v) is 37.8. The Morgan fingerprint density at radius 2 is 1.79 bits per heavy atom. The highest BCUT2D eigenvalue weighted by Gasteiger charge is 2.74. The standard InChI is InChI=1S/C48H63N3O12/c1-9-26(2)42(54)60-36-23-35-40(27(36)3)41-48(58,46(7,56)43(55)62-41)38(24-45(35,6)63-28(4)52)61-39(53)12-10-11-21-51-25-37(49-50-51)47(57)20-18-34-33-15-13-29-22-30(59-8)14-16-31(29)32(33)17-19-44(34,47)5/h9,14,16,22,25,32-36,38,41,56-58H,10-13,15,17-21,23-24H2,1-8H3/b26-9-/t32-,33-,34+,35+,36-,38+,41+,44+,45+,46-,47-,48-/m1/s1. The van der Waals surface area contributed by atoms with Crippen molar-refractivity contribution in [1.82, 2.24) is 15.0 Å². The quantitative estimate of drug-likeness (QED) is 0.0844. The van der Waals surface area contributed by atoms with Gasteiger partial charge in [0.15, 0.2) is 17.3 Å². The number of hydrogen-bond acceptors (Lipinski definition) is 14. The third-order valence-electron chi connectivity index (χ3n) is 16.4. The molecule has 5 aliphatic carbocycles. The molecule has 6 aliphatic rings. The van der Waals surface area contributed by atoms with Crippen LogP contribution >= 0.6 is 0 Å². The molecule has 3 saturated carbocycles. The summed E-state index contributed by atoms with van der Waals surface area (Å²) in [6.45, 7) is 11.7. The molecular formula is C48H63N3O12. The SMILES string of the molecule is C/C=C(/C)C(=O)O[C@@H]1C[C@H]2C(=C1C)[C@@H]1OC(=O)[C@@](C)(O)[C@@]1(O)[C@@H](OC(=O)CCCCn1cc([C@]3(O)CC[C@H]4[C@@H]5CCc6cc(OC)ccc6[C@H]5CC[C@@]43C)nn1)C[C@]2(C)OC(C)=O. The average molecular weight is 874 g/mol. The summed E-state index contributed by atoms with van der Waals surface area (Å²) in [5.41, 5.74) is -3.34. The molecule has 0 amide bonds. The zero-order chi connectivity index (χ0) is 45.4. The summed E-state index contributed by atoms with van der Waals surface area (Å²) >= 11 is 0. The molecule has 4 fully saturated rings. The number of esters is 4. The largest absolute Gasteiger partial charge is 0.497 e. The van der Waals surface area contributed by atoms with E-state index in [0.717, 1.165) is 44.8 Å². The van der Waals surface area contributed by atoms with E-state index in [2.05, 4.69) is 35.4 Å². The first-order valence-corrected chi connectivity index (χ1v) is 22.6. The first-order chi connectivity index (χ1) is 29.7. The van der Waals surface area contributed by atoms with Gasteiger partial charge in [0.25, 0.3) is 0 Å². The van der Waals surface area contributed by atoms with E-state index >= 15 is 0 Å². The van der Waals surface area contributed by atoms with E-state index in [0.29, 0.717) is 66.0 Å². The van der Waals surface area contributed by atoms with Crippen molar-refractivity contribution in [1.29, 1.82) is 0 Å². The highest BCUT2D eigenvalue weighted by molar-refractivity contribution is 5.88. The molecule has 15 nitrogen and oxygen atoms in total. The molecule has 1 saturated heterocycles. The van der Waals surface area contributed by atoms with Gasteiger partial charge < -0.3 is 39.0 Å². The Labute approximate surface area is 368 Å². The number of benzene rings is 1. The molecule has 1 aromatic heterocycles. The Balaban J connectivity index is 0.936. The number of rotatable bonds is 11. The molecule has 0 unspecified atom stereocenters. The number of carbonyl (C=O) groups excluding carboxylic acids is 4. The number of ether oxygens (including phenoxy) is 5. The summed E-state index contributed by atoms with van der Waals surface area (Å²) in [6.07, 6.45) is 5.75. The van der Waals surface area contributed by atoms with Crippen LogP contribution in [0.5, 0.6) is 5.75 Å². The maximum absolute atomic E-state index is 13.7. The minimum Gasteiger partial charge on any atom is -0.497 e. The van der Waals surface area contributed by atoms with Gasteiger partial charge in [-0.15, -0.1) is 5.10 Å². The number of methoxy groups -OCH3 is 1. The van der Waals surface area contributed by atoms with Crippen LogP contribution in [0.1, 0.15) is 135 Å². The van der Waals surface area contributed by atoms with Gasteiger partial charge in [0.05, 0.1) is 13.3 Å². The lowest BCUT2D eigenvalue weighted by Crippen LogP contribution is -2.64. The van der Waals surface area contributed by atoms with Crippen LogP contribution in [0.15, 0.2) is 47.2 Å². The van der Waals surface area contributed by atoms with E-state index in [9.17, 15) is 34.5 Å². The van der Waals surface area contributed by atoms with Gasteiger partial charge in [-0.2, -0.15) is 0 Å². The molecule has 1 aliphatic heterocycles. The smallest absolute Gasteiger partial charge is 0.341 e. The second-order valence-electron chi connectivity index (χ2n) is 19.7. The second-order valence-corrected chi connectivity index (χ2v) is 19.7. The van der Waals surface area contributed by atoms with Crippen molar-refractivity contribution in [2.24, 2.45) is 23.2 Å². The number of aliphatic hydroxyl groups is 3. The Morgan fingerprint density at radius 3 is 2.51 bits per heavy atom. The van der Waals surface area contributed by atoms with Crippen LogP contribution in [0.2, 0.25) is 0 Å². The third kappa shape index (κ3) is 7.11. The van der Waals surface area contributed by atoms with Gasteiger partial charge in [0.2, 0.25) is 0 Å². The van der Waals surface area contributed by atoms with E-state index in [1.807, 2.05) is 6.20 Å². The predicted octanol–water partition coefficient (Wildman–Crippen LogP) is 5.46. The molecule has 0 bridgehead atoms. The molecule has 12 atom stereocenters. The second kappa shape index (κ2) is 16.1. The number of allylic oxidation sites excluding steroid dienone is 1. The van der Waals surface area contributed by atoms with Gasteiger partial charge >= 0.3 is 23.9 Å². The topological polar surface area (TPSA) is 206 Å². The minimum absolute atomic E-state index is 0.0738. The highest BCUT2D eigenvalue weighted by atomic mass is 16.6. The summed E-state index contributed by atoms with van der Waals surface area (Å²) in [5.74, 6) is -1.53. The predicted molar refractivity (Wildman–Crippen MR) is 226 cm³/mol. The molecule has 63 heavy (non-hydrogen) atoms. The molecule has 0 spiro atoms. The van der Waals surface area contributed by atoms with E-state index in [-0.39, 0.29) is 24.7 Å². The molecule has 15 heteroatoms. The Bertz CT molecular complexity index is 2250. The van der Waals surface area contributed by atoms with Crippen LogP contribution in [0, 0.1) is 23.2 Å².